The van der Waals surface area contributed by atoms with Crippen molar-refractivity contribution < 1.29 is 32.6 Å². The first kappa shape index (κ1) is 19.8. The summed E-state index contributed by atoms with van der Waals surface area (Å²) in [5, 5.41) is 23.7. The normalized spacial score (nSPS) is 19.6. The molecule has 0 unspecified atom stereocenters. The van der Waals surface area contributed by atoms with Gasteiger partial charge in [-0.15, -0.1) is 0 Å². The number of phenolic OH excluding ortho intramolecular Hbond substituents is 1. The Kier molecular flexibility index (Phi) is 5.12. The van der Waals surface area contributed by atoms with Crippen LogP contribution in [0.1, 0.15) is 24.0 Å². The van der Waals surface area contributed by atoms with Crippen molar-refractivity contribution in [3.8, 4) is 5.75 Å². The average Bonchev–Trinajstić information content (AvgIpc) is 3.00. The lowest BCUT2D eigenvalue weighted by Crippen LogP contribution is -2.56. The second-order valence-corrected chi connectivity index (χ2v) is 6.38. The molecular weight excluding hydrogens is 380 g/mol. The lowest BCUT2D eigenvalue weighted by Gasteiger charge is -2.32. The number of amides is 1. The van der Waals surface area contributed by atoms with Crippen LogP contribution in [0.25, 0.3) is 0 Å². The highest BCUT2D eigenvalue weighted by Crippen LogP contribution is 2.41. The van der Waals surface area contributed by atoms with Gasteiger partial charge in [-0.25, -0.2) is 4.39 Å². The van der Waals surface area contributed by atoms with Crippen LogP contribution in [0.2, 0.25) is 0 Å². The van der Waals surface area contributed by atoms with Crippen LogP contribution in [0.3, 0.4) is 0 Å². The second-order valence-electron chi connectivity index (χ2n) is 6.38. The van der Waals surface area contributed by atoms with E-state index in [1.54, 1.807) is 12.1 Å². The monoisotopic (exact) mass is 396 g/mol. The first-order chi connectivity index (χ1) is 13.1. The molecule has 148 valence electrons. The van der Waals surface area contributed by atoms with Crippen molar-refractivity contribution in [2.45, 2.75) is 31.2 Å². The van der Waals surface area contributed by atoms with E-state index in [0.29, 0.717) is 5.56 Å². The van der Waals surface area contributed by atoms with Gasteiger partial charge in [0.15, 0.2) is 0 Å². The first-order valence-corrected chi connectivity index (χ1v) is 8.34. The molecule has 0 aliphatic carbocycles. The van der Waals surface area contributed by atoms with Crippen molar-refractivity contribution in [3.63, 3.8) is 0 Å². The number of hydrazone groups is 1. The first-order valence-electron chi connectivity index (χ1n) is 8.34. The Balaban J connectivity index is 1.86. The summed E-state index contributed by atoms with van der Waals surface area (Å²) in [4.78, 5) is 12.4. The summed E-state index contributed by atoms with van der Waals surface area (Å²) in [6.07, 6.45) is -6.55. The van der Waals surface area contributed by atoms with Gasteiger partial charge in [-0.2, -0.15) is 23.3 Å². The van der Waals surface area contributed by atoms with Crippen molar-refractivity contribution in [3.05, 3.63) is 65.5 Å². The average molecular weight is 396 g/mol. The number of carbonyl (C=O) groups is 1. The predicted molar refractivity (Wildman–Crippen MR) is 91.8 cm³/mol. The lowest BCUT2D eigenvalue weighted by atomic mass is 10.0. The molecule has 5 nitrogen and oxygen atoms in total. The van der Waals surface area contributed by atoms with Gasteiger partial charge in [-0.1, -0.05) is 30.3 Å². The molecule has 2 aromatic rings. The van der Waals surface area contributed by atoms with Gasteiger partial charge in [0.2, 0.25) is 5.91 Å². The van der Waals surface area contributed by atoms with Gasteiger partial charge in [0, 0.05) is 6.42 Å². The Morgan fingerprint density at radius 3 is 2.39 bits per heavy atom. The van der Waals surface area contributed by atoms with Crippen LogP contribution in [0.5, 0.6) is 5.75 Å². The van der Waals surface area contributed by atoms with E-state index in [4.69, 9.17) is 0 Å². The molecule has 1 aliphatic heterocycles. The number of aliphatic hydroxyl groups is 1. The number of hydrogen-bond donors (Lipinski definition) is 2. The summed E-state index contributed by atoms with van der Waals surface area (Å²) in [6.45, 7) is 0. The highest BCUT2D eigenvalue weighted by atomic mass is 19.4. The number of nitrogens with zero attached hydrogens (tertiary/aromatic N) is 2. The Hall–Kier alpha value is -2.94. The van der Waals surface area contributed by atoms with Crippen molar-refractivity contribution in [2.24, 2.45) is 5.10 Å². The number of para-hydroxylation sites is 1. The summed E-state index contributed by atoms with van der Waals surface area (Å²) in [7, 11) is 0. The van der Waals surface area contributed by atoms with Crippen LogP contribution >= 0.6 is 0 Å². The van der Waals surface area contributed by atoms with Gasteiger partial charge >= 0.3 is 6.18 Å². The van der Waals surface area contributed by atoms with Crippen LogP contribution in [-0.2, 0) is 11.2 Å². The Morgan fingerprint density at radius 2 is 1.79 bits per heavy atom. The molecule has 0 radical (unpaired) electrons. The number of aromatic hydroxyl groups is 1. The van der Waals surface area contributed by atoms with E-state index in [9.17, 15) is 32.6 Å². The number of phenols is 1. The molecule has 0 bridgehead atoms. The van der Waals surface area contributed by atoms with E-state index in [0.717, 1.165) is 12.1 Å². The summed E-state index contributed by atoms with van der Waals surface area (Å²) in [5.74, 6) is -1.72. The number of benzene rings is 2. The van der Waals surface area contributed by atoms with Crippen molar-refractivity contribution >= 4 is 11.6 Å². The largest absolute Gasteiger partial charge is 0.508 e. The standard InChI is InChI=1S/C19H16F4N2O3/c20-14-8-5-12(6-9-14)15-11-18(28,19(21,22)23)25(24-15)17(27)10-7-13-3-1-2-4-16(13)26/h1-6,8-9,26,28H,7,10-11H2/t18-/m1/s1. The number of aryl methyl sites for hydroxylation is 1. The van der Waals surface area contributed by atoms with E-state index >= 15 is 0 Å². The molecule has 1 heterocycles. The van der Waals surface area contributed by atoms with Crippen molar-refractivity contribution in [2.75, 3.05) is 0 Å². The highest BCUT2D eigenvalue weighted by molar-refractivity contribution is 6.03. The molecule has 3 rings (SSSR count). The molecule has 0 spiro atoms. The molecule has 9 heteroatoms. The smallest absolute Gasteiger partial charge is 0.438 e. The lowest BCUT2D eigenvalue weighted by molar-refractivity contribution is -0.302. The molecule has 0 saturated carbocycles. The van der Waals surface area contributed by atoms with Gasteiger partial charge in [0.05, 0.1) is 12.1 Å². The van der Waals surface area contributed by atoms with E-state index in [2.05, 4.69) is 5.10 Å². The third-order valence-corrected chi connectivity index (χ3v) is 4.45. The van der Waals surface area contributed by atoms with Gasteiger partial charge in [0.1, 0.15) is 11.6 Å². The fraction of sp³-hybridized carbons (Fsp3) is 0.263. The predicted octanol–water partition coefficient (Wildman–Crippen LogP) is 3.35. The molecule has 2 N–H and O–H groups in total. The summed E-state index contributed by atoms with van der Waals surface area (Å²) >= 11 is 0. The number of rotatable bonds is 4. The Bertz CT molecular complexity index is 912. The quantitative estimate of drug-likeness (QED) is 0.779. The molecule has 0 aromatic heterocycles. The van der Waals surface area contributed by atoms with E-state index in [1.165, 1.54) is 24.3 Å². The Labute approximate surface area is 157 Å². The van der Waals surface area contributed by atoms with Crippen LogP contribution in [0.15, 0.2) is 53.6 Å². The molecule has 1 aliphatic rings. The van der Waals surface area contributed by atoms with Crippen LogP contribution < -0.4 is 0 Å². The second kappa shape index (κ2) is 7.23. The Morgan fingerprint density at radius 1 is 1.14 bits per heavy atom. The van der Waals surface area contributed by atoms with Gasteiger partial charge in [-0.3, -0.25) is 4.79 Å². The minimum absolute atomic E-state index is 0.0304. The summed E-state index contributed by atoms with van der Waals surface area (Å²) < 4.78 is 53.6. The third-order valence-electron chi connectivity index (χ3n) is 4.45. The fourth-order valence-electron chi connectivity index (χ4n) is 2.90. The number of hydrogen-bond acceptors (Lipinski definition) is 4. The molecule has 28 heavy (non-hydrogen) atoms. The van der Waals surface area contributed by atoms with Gasteiger partial charge in [0.25, 0.3) is 5.72 Å². The topological polar surface area (TPSA) is 73.1 Å². The maximum atomic E-state index is 13.5. The highest BCUT2D eigenvalue weighted by Gasteiger charge is 2.63. The minimum atomic E-state index is -5.15. The van der Waals surface area contributed by atoms with Gasteiger partial charge in [-0.05, 0) is 35.7 Å². The minimum Gasteiger partial charge on any atom is -0.508 e. The SMILES string of the molecule is O=C(CCc1ccccc1O)N1N=C(c2ccc(F)cc2)C[C@@]1(O)C(F)(F)F. The molecule has 1 amide bonds. The summed E-state index contributed by atoms with van der Waals surface area (Å²) in [5.41, 5.74) is -3.13. The van der Waals surface area contributed by atoms with Crippen molar-refractivity contribution in [1.82, 2.24) is 5.01 Å². The van der Waals surface area contributed by atoms with E-state index in [-0.39, 0.29) is 28.5 Å². The van der Waals surface area contributed by atoms with Crippen LogP contribution in [-0.4, -0.2) is 38.7 Å². The molecule has 1 atom stereocenters. The molecule has 0 saturated heterocycles. The number of alkyl halides is 3. The van der Waals surface area contributed by atoms with Crippen LogP contribution in [0.4, 0.5) is 17.6 Å². The zero-order valence-electron chi connectivity index (χ0n) is 14.4. The zero-order valence-corrected chi connectivity index (χ0v) is 14.4. The fourth-order valence-corrected chi connectivity index (χ4v) is 2.90. The van der Waals surface area contributed by atoms with Crippen molar-refractivity contribution in [1.29, 1.82) is 0 Å². The maximum Gasteiger partial charge on any atom is 0.438 e. The maximum absolute atomic E-state index is 13.5. The number of halogens is 4. The van der Waals surface area contributed by atoms with Crippen LogP contribution in [0, 0.1) is 5.82 Å². The third kappa shape index (κ3) is 3.70. The summed E-state index contributed by atoms with van der Waals surface area (Å²) in [6, 6.07) is 10.7. The molecule has 2 aromatic carbocycles. The van der Waals surface area contributed by atoms with Gasteiger partial charge < -0.3 is 10.2 Å². The van der Waals surface area contributed by atoms with E-state index < -0.39 is 36.5 Å². The molecule has 0 fully saturated rings. The van der Waals surface area contributed by atoms with E-state index in [1.807, 2.05) is 0 Å². The zero-order chi connectivity index (χ0) is 20.5. The molecular formula is C19H16F4N2O3. The number of carbonyl (C=O) groups excluding carboxylic acids is 1.